The van der Waals surface area contributed by atoms with E-state index >= 15 is 0 Å². The Morgan fingerprint density at radius 1 is 0.810 bits per heavy atom. The number of fused-ring (bicyclic) bond motifs is 1. The van der Waals surface area contributed by atoms with Crippen LogP contribution in [0, 0.1) is 29.6 Å². The van der Waals surface area contributed by atoms with Crippen LogP contribution in [0.25, 0.3) is 0 Å². The second-order valence-electron chi connectivity index (χ2n) is 8.48. The van der Waals surface area contributed by atoms with Crippen LogP contribution in [-0.2, 0) is 0 Å². The minimum Gasteiger partial charge on any atom is -0.314 e. The van der Waals surface area contributed by atoms with Gasteiger partial charge in [0.25, 0.3) is 0 Å². The van der Waals surface area contributed by atoms with E-state index in [9.17, 15) is 0 Å². The van der Waals surface area contributed by atoms with E-state index in [1.165, 1.54) is 51.5 Å². The molecular formula is C20H37N. The molecule has 122 valence electrons. The summed E-state index contributed by atoms with van der Waals surface area (Å²) >= 11 is 0. The van der Waals surface area contributed by atoms with Gasteiger partial charge in [0.15, 0.2) is 0 Å². The number of hydrogen-bond acceptors (Lipinski definition) is 1. The molecule has 0 spiro atoms. The average molecular weight is 292 g/mol. The summed E-state index contributed by atoms with van der Waals surface area (Å²) in [7, 11) is 0. The van der Waals surface area contributed by atoms with Crippen molar-refractivity contribution in [1.29, 1.82) is 0 Å². The van der Waals surface area contributed by atoms with E-state index in [0.29, 0.717) is 0 Å². The Morgan fingerprint density at radius 3 is 2.19 bits per heavy atom. The topological polar surface area (TPSA) is 12.0 Å². The van der Waals surface area contributed by atoms with Crippen molar-refractivity contribution in [3.63, 3.8) is 0 Å². The van der Waals surface area contributed by atoms with Crippen LogP contribution in [-0.4, -0.2) is 12.6 Å². The summed E-state index contributed by atoms with van der Waals surface area (Å²) in [4.78, 5) is 0. The van der Waals surface area contributed by atoms with E-state index in [1.54, 1.807) is 25.7 Å². The molecule has 3 aliphatic carbocycles. The third kappa shape index (κ3) is 3.84. The molecule has 0 heterocycles. The van der Waals surface area contributed by atoms with Crippen LogP contribution in [0.4, 0.5) is 0 Å². The zero-order chi connectivity index (χ0) is 14.7. The highest BCUT2D eigenvalue weighted by Gasteiger charge is 2.38. The first-order valence-corrected chi connectivity index (χ1v) is 10.0. The predicted molar refractivity (Wildman–Crippen MR) is 91.4 cm³/mol. The van der Waals surface area contributed by atoms with Crippen molar-refractivity contribution in [2.45, 2.75) is 90.5 Å². The first kappa shape index (κ1) is 15.8. The van der Waals surface area contributed by atoms with Gasteiger partial charge < -0.3 is 5.32 Å². The van der Waals surface area contributed by atoms with Gasteiger partial charge in [-0.1, -0.05) is 52.4 Å². The number of nitrogens with one attached hydrogen (secondary N) is 1. The van der Waals surface area contributed by atoms with Crippen molar-refractivity contribution in [2.24, 2.45) is 29.6 Å². The second-order valence-corrected chi connectivity index (χ2v) is 8.48. The van der Waals surface area contributed by atoms with Gasteiger partial charge in [0, 0.05) is 6.04 Å². The minimum absolute atomic E-state index is 0.838. The lowest BCUT2D eigenvalue weighted by Gasteiger charge is -2.45. The molecule has 4 unspecified atom stereocenters. The molecule has 0 aromatic carbocycles. The summed E-state index contributed by atoms with van der Waals surface area (Å²) in [6.07, 6.45) is 16.7. The lowest BCUT2D eigenvalue weighted by molar-refractivity contribution is 0.0816. The Hall–Kier alpha value is -0.0400. The summed E-state index contributed by atoms with van der Waals surface area (Å²) in [5.74, 6) is 5.14. The molecule has 0 radical (unpaired) electrons. The zero-order valence-corrected chi connectivity index (χ0v) is 14.4. The van der Waals surface area contributed by atoms with Crippen LogP contribution < -0.4 is 5.32 Å². The van der Waals surface area contributed by atoms with E-state index < -0.39 is 0 Å². The van der Waals surface area contributed by atoms with Gasteiger partial charge in [-0.05, 0) is 68.2 Å². The molecule has 3 fully saturated rings. The van der Waals surface area contributed by atoms with Crippen molar-refractivity contribution >= 4 is 0 Å². The quantitative estimate of drug-likeness (QED) is 0.731. The Labute approximate surface area is 132 Å². The van der Waals surface area contributed by atoms with Crippen molar-refractivity contribution in [1.82, 2.24) is 5.32 Å². The molecule has 3 aliphatic rings. The van der Waals surface area contributed by atoms with Crippen LogP contribution in [0.1, 0.15) is 84.5 Å². The molecule has 0 aromatic rings. The molecule has 0 amide bonds. The fraction of sp³-hybridized carbons (Fsp3) is 1.00. The van der Waals surface area contributed by atoms with Crippen LogP contribution in [0.5, 0.6) is 0 Å². The Balaban J connectivity index is 1.60. The normalized spacial score (nSPS) is 42.3. The predicted octanol–water partition coefficient (Wildman–Crippen LogP) is 5.40. The van der Waals surface area contributed by atoms with Crippen LogP contribution in [0.2, 0.25) is 0 Å². The summed E-state index contributed by atoms with van der Waals surface area (Å²) in [5, 5.41) is 3.93. The molecule has 1 N–H and O–H groups in total. The summed E-state index contributed by atoms with van der Waals surface area (Å²) < 4.78 is 0. The second kappa shape index (κ2) is 7.49. The van der Waals surface area contributed by atoms with E-state index in [4.69, 9.17) is 0 Å². The van der Waals surface area contributed by atoms with Crippen LogP contribution in [0.3, 0.4) is 0 Å². The molecule has 1 nitrogen and oxygen atoms in total. The zero-order valence-electron chi connectivity index (χ0n) is 14.4. The molecule has 21 heavy (non-hydrogen) atoms. The van der Waals surface area contributed by atoms with Crippen LogP contribution in [0.15, 0.2) is 0 Å². The maximum atomic E-state index is 3.93. The van der Waals surface area contributed by atoms with Crippen LogP contribution >= 0.6 is 0 Å². The SMILES string of the molecule is CCNC(C1CCC(C)CC1)C1CCC2CCCCC2C1. The summed E-state index contributed by atoms with van der Waals surface area (Å²) in [6.45, 7) is 5.93. The first-order valence-electron chi connectivity index (χ1n) is 10.0. The highest BCUT2D eigenvalue weighted by Crippen LogP contribution is 2.45. The van der Waals surface area contributed by atoms with E-state index in [2.05, 4.69) is 19.2 Å². The van der Waals surface area contributed by atoms with Gasteiger partial charge in [0.1, 0.15) is 0 Å². The van der Waals surface area contributed by atoms with Gasteiger partial charge >= 0.3 is 0 Å². The number of hydrogen-bond donors (Lipinski definition) is 1. The molecule has 4 atom stereocenters. The first-order chi connectivity index (χ1) is 10.3. The van der Waals surface area contributed by atoms with Gasteiger partial charge in [-0.3, -0.25) is 0 Å². The Morgan fingerprint density at radius 2 is 1.48 bits per heavy atom. The standard InChI is InChI=1S/C20H37N/c1-3-21-20(17-10-8-15(2)9-11-17)19-13-12-16-6-4-5-7-18(16)14-19/h15-21H,3-14H2,1-2H3. The van der Waals surface area contributed by atoms with Crippen molar-refractivity contribution in [3.8, 4) is 0 Å². The monoisotopic (exact) mass is 291 g/mol. The Kier molecular flexibility index (Phi) is 5.65. The summed E-state index contributed by atoms with van der Waals surface area (Å²) in [5.41, 5.74) is 0. The van der Waals surface area contributed by atoms with E-state index in [0.717, 1.165) is 35.6 Å². The van der Waals surface area contributed by atoms with Crippen molar-refractivity contribution in [3.05, 3.63) is 0 Å². The molecular weight excluding hydrogens is 254 g/mol. The molecule has 0 aromatic heterocycles. The lowest BCUT2D eigenvalue weighted by Crippen LogP contribution is -2.46. The van der Waals surface area contributed by atoms with Gasteiger partial charge in [-0.25, -0.2) is 0 Å². The fourth-order valence-electron chi connectivity index (χ4n) is 5.83. The van der Waals surface area contributed by atoms with Crippen molar-refractivity contribution in [2.75, 3.05) is 6.54 Å². The summed E-state index contributed by atoms with van der Waals surface area (Å²) in [6, 6.07) is 0.838. The van der Waals surface area contributed by atoms with Crippen molar-refractivity contribution < 1.29 is 0 Å². The van der Waals surface area contributed by atoms with Gasteiger partial charge in [0.05, 0.1) is 0 Å². The molecule has 0 aliphatic heterocycles. The van der Waals surface area contributed by atoms with Gasteiger partial charge in [0.2, 0.25) is 0 Å². The molecule has 1 heteroatoms. The van der Waals surface area contributed by atoms with E-state index in [1.807, 2.05) is 0 Å². The maximum absolute atomic E-state index is 3.93. The third-order valence-electron chi connectivity index (χ3n) is 7.10. The molecule has 0 saturated heterocycles. The maximum Gasteiger partial charge on any atom is 0.0124 e. The van der Waals surface area contributed by atoms with Gasteiger partial charge in [-0.2, -0.15) is 0 Å². The average Bonchev–Trinajstić information content (AvgIpc) is 2.53. The highest BCUT2D eigenvalue weighted by atomic mass is 14.9. The van der Waals surface area contributed by atoms with E-state index in [-0.39, 0.29) is 0 Å². The fourth-order valence-corrected chi connectivity index (χ4v) is 5.83. The van der Waals surface area contributed by atoms with Gasteiger partial charge in [-0.15, -0.1) is 0 Å². The highest BCUT2D eigenvalue weighted by molar-refractivity contribution is 4.92. The Bertz CT molecular complexity index is 305. The smallest absolute Gasteiger partial charge is 0.0124 e. The largest absolute Gasteiger partial charge is 0.314 e. The molecule has 3 saturated carbocycles. The minimum atomic E-state index is 0.838. The number of rotatable bonds is 4. The third-order valence-corrected chi connectivity index (χ3v) is 7.10. The lowest BCUT2D eigenvalue weighted by atomic mass is 9.63. The molecule has 3 rings (SSSR count). The molecule has 0 bridgehead atoms.